The Kier molecular flexibility index (Phi) is 8.12. The lowest BCUT2D eigenvalue weighted by Gasteiger charge is -2.27. The van der Waals surface area contributed by atoms with Crippen LogP contribution in [-0.4, -0.2) is 55.3 Å². The van der Waals surface area contributed by atoms with Crippen molar-refractivity contribution in [2.24, 2.45) is 0 Å². The summed E-state index contributed by atoms with van der Waals surface area (Å²) in [6.45, 7) is 5.03. The number of urea groups is 1. The number of aryl methyl sites for hydroxylation is 2. The van der Waals surface area contributed by atoms with E-state index in [0.29, 0.717) is 36.1 Å². The summed E-state index contributed by atoms with van der Waals surface area (Å²) in [5, 5.41) is 2.87. The van der Waals surface area contributed by atoms with Crippen LogP contribution in [0.1, 0.15) is 22.6 Å². The molecule has 9 heteroatoms. The Hall–Kier alpha value is -3.98. The van der Waals surface area contributed by atoms with E-state index in [1.165, 1.54) is 4.90 Å². The van der Waals surface area contributed by atoms with Crippen LogP contribution in [0.5, 0.6) is 11.5 Å². The van der Waals surface area contributed by atoms with Gasteiger partial charge in [-0.3, -0.25) is 4.79 Å². The van der Waals surface area contributed by atoms with Crippen LogP contribution >= 0.6 is 0 Å². The monoisotopic (exact) mass is 493 g/mol. The molecule has 1 N–H and O–H groups in total. The van der Waals surface area contributed by atoms with E-state index >= 15 is 0 Å². The van der Waals surface area contributed by atoms with Gasteiger partial charge < -0.3 is 33.7 Å². The normalized spacial score (nSPS) is 11.9. The Balaban J connectivity index is 1.50. The molecule has 2 aromatic carbocycles. The van der Waals surface area contributed by atoms with Crippen LogP contribution in [0.25, 0.3) is 0 Å². The first kappa shape index (κ1) is 25.1. The molecule has 0 radical (unpaired) electrons. The van der Waals surface area contributed by atoms with Gasteiger partial charge in [-0.05, 0) is 55.8 Å². The van der Waals surface area contributed by atoms with Crippen molar-refractivity contribution in [2.75, 3.05) is 38.9 Å². The average Bonchev–Trinajstić information content (AvgIpc) is 3.50. The molecule has 0 bridgehead atoms. The van der Waals surface area contributed by atoms with Crippen molar-refractivity contribution in [3.8, 4) is 11.5 Å². The molecule has 0 aliphatic carbocycles. The lowest BCUT2D eigenvalue weighted by molar-refractivity contribution is -0.133. The summed E-state index contributed by atoms with van der Waals surface area (Å²) in [4.78, 5) is 29.7. The highest BCUT2D eigenvalue weighted by atomic mass is 16.7. The number of anilines is 1. The third kappa shape index (κ3) is 6.57. The van der Waals surface area contributed by atoms with Crippen LogP contribution in [-0.2, 0) is 22.6 Å². The number of benzene rings is 2. The van der Waals surface area contributed by atoms with Gasteiger partial charge in [0.2, 0.25) is 12.7 Å². The van der Waals surface area contributed by atoms with Gasteiger partial charge in [-0.2, -0.15) is 0 Å². The number of rotatable bonds is 10. The largest absolute Gasteiger partial charge is 0.464 e. The maximum atomic E-state index is 13.5. The zero-order valence-electron chi connectivity index (χ0n) is 20.8. The van der Waals surface area contributed by atoms with Gasteiger partial charge in [0.25, 0.3) is 0 Å². The number of carbonyl (C=O) groups is 2. The molecule has 0 saturated heterocycles. The second-order valence-electron chi connectivity index (χ2n) is 8.66. The molecule has 3 amide bonds. The van der Waals surface area contributed by atoms with Crippen molar-refractivity contribution in [1.29, 1.82) is 0 Å². The summed E-state index contributed by atoms with van der Waals surface area (Å²) in [6, 6.07) is 16.4. The summed E-state index contributed by atoms with van der Waals surface area (Å²) in [5.41, 5.74) is 2.62. The second kappa shape index (κ2) is 11.6. The fourth-order valence-electron chi connectivity index (χ4n) is 3.81. The molecule has 9 nitrogen and oxygen atoms in total. The van der Waals surface area contributed by atoms with Crippen molar-refractivity contribution < 1.29 is 28.2 Å². The predicted molar refractivity (Wildman–Crippen MR) is 134 cm³/mol. The number of nitrogens with zero attached hydrogens (tertiary/aromatic N) is 2. The topological polar surface area (TPSA) is 93.5 Å². The number of furan rings is 1. The van der Waals surface area contributed by atoms with E-state index in [4.69, 9.17) is 18.6 Å². The summed E-state index contributed by atoms with van der Waals surface area (Å²) in [7, 11) is 1.56. The van der Waals surface area contributed by atoms with E-state index in [1.807, 2.05) is 68.4 Å². The highest BCUT2D eigenvalue weighted by molar-refractivity contribution is 5.92. The zero-order chi connectivity index (χ0) is 25.5. The Morgan fingerprint density at radius 3 is 2.44 bits per heavy atom. The smallest absolute Gasteiger partial charge is 0.322 e. The number of hydrogen-bond donors (Lipinski definition) is 1. The third-order valence-corrected chi connectivity index (χ3v) is 5.79. The predicted octanol–water partition coefficient (Wildman–Crippen LogP) is 4.33. The van der Waals surface area contributed by atoms with Crippen LogP contribution in [0.3, 0.4) is 0 Å². The van der Waals surface area contributed by atoms with Gasteiger partial charge in [-0.25, -0.2) is 4.79 Å². The van der Waals surface area contributed by atoms with Gasteiger partial charge in [-0.15, -0.1) is 0 Å². The van der Waals surface area contributed by atoms with Crippen molar-refractivity contribution >= 4 is 17.6 Å². The van der Waals surface area contributed by atoms with Gasteiger partial charge in [-0.1, -0.05) is 23.8 Å². The number of hydrogen-bond acceptors (Lipinski definition) is 6. The number of nitrogens with one attached hydrogen (secondary N) is 1. The molecule has 2 heterocycles. The fraction of sp³-hybridized carbons (Fsp3) is 0.333. The first-order chi connectivity index (χ1) is 17.4. The molecule has 1 aromatic heterocycles. The van der Waals surface area contributed by atoms with E-state index < -0.39 is 0 Å². The van der Waals surface area contributed by atoms with Gasteiger partial charge in [0.15, 0.2) is 11.5 Å². The number of amides is 3. The van der Waals surface area contributed by atoms with E-state index in [-0.39, 0.29) is 38.4 Å². The molecule has 1 aliphatic heterocycles. The van der Waals surface area contributed by atoms with Crippen LogP contribution in [0.4, 0.5) is 10.5 Å². The van der Waals surface area contributed by atoms with Crippen molar-refractivity contribution in [2.45, 2.75) is 26.9 Å². The highest BCUT2D eigenvalue weighted by Gasteiger charge is 2.24. The third-order valence-electron chi connectivity index (χ3n) is 5.79. The lowest BCUT2D eigenvalue weighted by atomic mass is 10.2. The molecule has 0 fully saturated rings. The number of methoxy groups -OCH3 is 1. The molecule has 0 saturated carbocycles. The van der Waals surface area contributed by atoms with E-state index in [1.54, 1.807) is 12.0 Å². The molecular weight excluding hydrogens is 462 g/mol. The van der Waals surface area contributed by atoms with Crippen molar-refractivity contribution in [3.05, 3.63) is 77.2 Å². The SMILES string of the molecule is COCCN(CC(=O)N(Cc1ccc2c(c1)OCO2)Cc1ccc(C)o1)C(=O)Nc1ccc(C)cc1. The highest BCUT2D eigenvalue weighted by Crippen LogP contribution is 2.33. The van der Waals surface area contributed by atoms with E-state index in [2.05, 4.69) is 5.32 Å². The number of carbonyl (C=O) groups excluding carboxylic acids is 2. The van der Waals surface area contributed by atoms with Gasteiger partial charge in [0.1, 0.15) is 18.1 Å². The first-order valence-electron chi connectivity index (χ1n) is 11.7. The summed E-state index contributed by atoms with van der Waals surface area (Å²) in [6.07, 6.45) is 0. The second-order valence-corrected chi connectivity index (χ2v) is 8.66. The molecule has 0 atom stereocenters. The molecule has 1 aliphatic rings. The minimum atomic E-state index is -0.374. The fourth-order valence-corrected chi connectivity index (χ4v) is 3.81. The van der Waals surface area contributed by atoms with Gasteiger partial charge in [0.05, 0.1) is 13.2 Å². The van der Waals surface area contributed by atoms with Gasteiger partial charge in [0, 0.05) is 25.9 Å². The van der Waals surface area contributed by atoms with Crippen molar-refractivity contribution in [1.82, 2.24) is 9.80 Å². The van der Waals surface area contributed by atoms with Crippen LogP contribution < -0.4 is 14.8 Å². The maximum Gasteiger partial charge on any atom is 0.322 e. The summed E-state index contributed by atoms with van der Waals surface area (Å²) < 4.78 is 21.8. The Morgan fingerprint density at radius 1 is 0.944 bits per heavy atom. The van der Waals surface area contributed by atoms with E-state index in [0.717, 1.165) is 16.9 Å². The maximum absolute atomic E-state index is 13.5. The average molecular weight is 494 g/mol. The van der Waals surface area contributed by atoms with Crippen LogP contribution in [0.15, 0.2) is 59.0 Å². The summed E-state index contributed by atoms with van der Waals surface area (Å²) >= 11 is 0. The molecule has 0 unspecified atom stereocenters. The summed E-state index contributed by atoms with van der Waals surface area (Å²) in [5.74, 6) is 2.52. The molecule has 3 aromatic rings. The van der Waals surface area contributed by atoms with Crippen LogP contribution in [0.2, 0.25) is 0 Å². The quantitative estimate of drug-likeness (QED) is 0.452. The lowest BCUT2D eigenvalue weighted by Crippen LogP contribution is -2.45. The van der Waals surface area contributed by atoms with Crippen LogP contribution in [0, 0.1) is 13.8 Å². The molecular formula is C27H31N3O6. The zero-order valence-corrected chi connectivity index (χ0v) is 20.8. The van der Waals surface area contributed by atoms with Gasteiger partial charge >= 0.3 is 6.03 Å². The standard InChI is InChI=1S/C27H31N3O6/c1-19-4-8-22(9-5-19)28-27(32)29(12-13-33-3)17-26(31)30(16-23-10-6-20(2)36-23)15-21-7-11-24-25(14-21)35-18-34-24/h4-11,14H,12-13,15-18H2,1-3H3,(H,28,32). The Bertz CT molecular complexity index is 1190. The van der Waals surface area contributed by atoms with Crippen molar-refractivity contribution in [3.63, 3.8) is 0 Å². The van der Waals surface area contributed by atoms with E-state index in [9.17, 15) is 9.59 Å². The number of ether oxygens (including phenoxy) is 3. The molecule has 36 heavy (non-hydrogen) atoms. The molecule has 0 spiro atoms. The first-order valence-corrected chi connectivity index (χ1v) is 11.7. The number of fused-ring (bicyclic) bond motifs is 1. The molecule has 190 valence electrons. The minimum absolute atomic E-state index is 0.120. The Labute approximate surface area is 210 Å². The molecule has 4 rings (SSSR count). The minimum Gasteiger partial charge on any atom is -0.464 e. The Morgan fingerprint density at radius 2 is 1.72 bits per heavy atom.